The van der Waals surface area contributed by atoms with Gasteiger partial charge in [0, 0.05) is 39.3 Å². The van der Waals surface area contributed by atoms with E-state index in [0.29, 0.717) is 23.5 Å². The molecule has 4 fully saturated rings. The predicted octanol–water partition coefficient (Wildman–Crippen LogP) is 12.0. The SMILES string of the molecule is c1ccc(-c2nc(-c3ccc(-c4cccc5cccnc45)cc3)nc(-c3cccc4c3-c3ccc5ccccc5c3C43C4CC5CC(C4)CC3C5)n2)cc1. The fourth-order valence-electron chi connectivity index (χ4n) is 11.7. The molecule has 0 N–H and O–H groups in total. The lowest BCUT2D eigenvalue weighted by molar-refractivity contribution is -0.0393. The molecule has 54 heavy (non-hydrogen) atoms. The summed E-state index contributed by atoms with van der Waals surface area (Å²) < 4.78 is 0. The zero-order valence-electron chi connectivity index (χ0n) is 30.0. The van der Waals surface area contributed by atoms with Crippen LogP contribution < -0.4 is 0 Å². The second-order valence-corrected chi connectivity index (χ2v) is 16.2. The summed E-state index contributed by atoms with van der Waals surface area (Å²) in [5.41, 5.74) is 12.1. The lowest BCUT2D eigenvalue weighted by atomic mass is 9.43. The van der Waals surface area contributed by atoms with Crippen LogP contribution in [-0.2, 0) is 5.41 Å². The predicted molar refractivity (Wildman–Crippen MR) is 218 cm³/mol. The van der Waals surface area contributed by atoms with Crippen molar-refractivity contribution in [3.63, 3.8) is 0 Å². The van der Waals surface area contributed by atoms with Gasteiger partial charge < -0.3 is 0 Å². The summed E-state index contributed by atoms with van der Waals surface area (Å²) in [4.78, 5) is 20.5. The van der Waals surface area contributed by atoms with E-state index < -0.39 is 0 Å². The second kappa shape index (κ2) is 11.5. The summed E-state index contributed by atoms with van der Waals surface area (Å²) >= 11 is 0. The highest BCUT2D eigenvalue weighted by molar-refractivity contribution is 6.01. The third-order valence-corrected chi connectivity index (χ3v) is 13.5. The molecule has 1 spiro atoms. The Hall–Kier alpha value is -6.00. The van der Waals surface area contributed by atoms with E-state index in [0.717, 1.165) is 56.4 Å². The molecule has 4 nitrogen and oxygen atoms in total. The molecule has 5 aliphatic carbocycles. The standard InChI is InChI=1S/C50H38N4/c1-2-10-35(11-3-1)47-52-48(36-20-18-33(19-21-36)40-15-6-12-34-13-8-24-51-46(34)40)54-49(53-47)42-16-7-17-43-44(42)41-23-22-32-9-4-5-14-39(32)45(41)50(43)37-26-30-25-31(28-37)29-38(50)27-30/h1-24,30-31,37-38H,25-29H2. The first-order valence-corrected chi connectivity index (χ1v) is 19.6. The Bertz CT molecular complexity index is 2750. The third kappa shape index (κ3) is 4.31. The van der Waals surface area contributed by atoms with E-state index in [-0.39, 0.29) is 5.41 Å². The molecule has 6 aromatic carbocycles. The van der Waals surface area contributed by atoms with Gasteiger partial charge in [-0.15, -0.1) is 0 Å². The zero-order valence-corrected chi connectivity index (χ0v) is 30.0. The summed E-state index contributed by atoms with van der Waals surface area (Å²) in [6, 6.07) is 50.3. The molecule has 8 aromatic rings. The molecule has 0 saturated heterocycles. The molecule has 2 heterocycles. The summed E-state index contributed by atoms with van der Waals surface area (Å²) in [5, 5.41) is 3.90. The van der Waals surface area contributed by atoms with Crippen LogP contribution in [0.4, 0.5) is 0 Å². The van der Waals surface area contributed by atoms with Crippen molar-refractivity contribution in [3.8, 4) is 56.4 Å². The van der Waals surface area contributed by atoms with E-state index in [4.69, 9.17) is 19.9 Å². The molecule has 0 amide bonds. The lowest BCUT2D eigenvalue weighted by Gasteiger charge is -2.61. The Morgan fingerprint density at radius 3 is 1.87 bits per heavy atom. The fourth-order valence-corrected chi connectivity index (χ4v) is 11.7. The Balaban J connectivity index is 1.06. The van der Waals surface area contributed by atoms with Crippen LogP contribution in [0.5, 0.6) is 0 Å². The van der Waals surface area contributed by atoms with Gasteiger partial charge in [0.1, 0.15) is 0 Å². The van der Waals surface area contributed by atoms with Crippen molar-refractivity contribution in [1.29, 1.82) is 0 Å². The number of hydrogen-bond acceptors (Lipinski definition) is 4. The van der Waals surface area contributed by atoms with Gasteiger partial charge in [0.2, 0.25) is 0 Å². The Labute approximate surface area is 315 Å². The molecule has 0 unspecified atom stereocenters. The molecule has 13 rings (SSSR count). The highest BCUT2D eigenvalue weighted by Crippen LogP contribution is 2.70. The van der Waals surface area contributed by atoms with Crippen molar-refractivity contribution in [2.24, 2.45) is 23.7 Å². The van der Waals surface area contributed by atoms with Crippen LogP contribution in [0.2, 0.25) is 0 Å². The first-order valence-electron chi connectivity index (χ1n) is 19.6. The molecule has 4 saturated carbocycles. The molecular formula is C50H38N4. The van der Waals surface area contributed by atoms with Gasteiger partial charge in [0.15, 0.2) is 17.5 Å². The summed E-state index contributed by atoms with van der Waals surface area (Å²) in [7, 11) is 0. The minimum atomic E-state index is 0.0272. The highest BCUT2D eigenvalue weighted by Gasteiger charge is 2.62. The van der Waals surface area contributed by atoms with Gasteiger partial charge in [0.25, 0.3) is 0 Å². The van der Waals surface area contributed by atoms with Gasteiger partial charge in [-0.05, 0) is 100 Å². The Morgan fingerprint density at radius 2 is 1.07 bits per heavy atom. The van der Waals surface area contributed by atoms with Crippen LogP contribution in [0.15, 0.2) is 146 Å². The maximum Gasteiger partial charge on any atom is 0.164 e. The van der Waals surface area contributed by atoms with Crippen molar-refractivity contribution >= 4 is 21.7 Å². The number of pyridine rings is 1. The van der Waals surface area contributed by atoms with E-state index in [2.05, 4.69) is 127 Å². The van der Waals surface area contributed by atoms with Crippen LogP contribution in [0, 0.1) is 23.7 Å². The smallest absolute Gasteiger partial charge is 0.164 e. The number of rotatable bonds is 4. The molecular weight excluding hydrogens is 657 g/mol. The molecule has 4 bridgehead atoms. The average Bonchev–Trinajstić information content (AvgIpc) is 3.54. The maximum atomic E-state index is 5.35. The van der Waals surface area contributed by atoms with Gasteiger partial charge >= 0.3 is 0 Å². The molecule has 0 atom stereocenters. The average molecular weight is 695 g/mol. The van der Waals surface area contributed by atoms with E-state index in [9.17, 15) is 0 Å². The minimum absolute atomic E-state index is 0.0272. The first kappa shape index (κ1) is 30.5. The topological polar surface area (TPSA) is 51.6 Å². The minimum Gasteiger partial charge on any atom is -0.256 e. The monoisotopic (exact) mass is 694 g/mol. The quantitative estimate of drug-likeness (QED) is 0.184. The summed E-state index contributed by atoms with van der Waals surface area (Å²) in [5.74, 6) is 5.20. The van der Waals surface area contributed by atoms with Crippen LogP contribution in [-0.4, -0.2) is 19.9 Å². The Kier molecular flexibility index (Phi) is 6.49. The van der Waals surface area contributed by atoms with Crippen LogP contribution in [0.1, 0.15) is 43.2 Å². The van der Waals surface area contributed by atoms with Crippen LogP contribution in [0.3, 0.4) is 0 Å². The highest BCUT2D eigenvalue weighted by atomic mass is 15.0. The number of aromatic nitrogens is 4. The lowest BCUT2D eigenvalue weighted by Crippen LogP contribution is -2.55. The molecule has 5 aliphatic rings. The second-order valence-electron chi connectivity index (χ2n) is 16.2. The van der Waals surface area contributed by atoms with Gasteiger partial charge in [-0.2, -0.15) is 0 Å². The normalized spacial score (nSPS) is 23.3. The number of hydrogen-bond donors (Lipinski definition) is 0. The molecule has 258 valence electrons. The largest absolute Gasteiger partial charge is 0.256 e. The summed E-state index contributed by atoms with van der Waals surface area (Å²) in [6.07, 6.45) is 8.69. The number of fused-ring (bicyclic) bond motifs is 6. The van der Waals surface area contributed by atoms with Gasteiger partial charge in [-0.3, -0.25) is 4.98 Å². The van der Waals surface area contributed by atoms with Crippen LogP contribution in [0.25, 0.3) is 78.1 Å². The van der Waals surface area contributed by atoms with Gasteiger partial charge in [-0.1, -0.05) is 133 Å². The van der Waals surface area contributed by atoms with E-state index >= 15 is 0 Å². The third-order valence-electron chi connectivity index (χ3n) is 13.5. The molecule has 0 radical (unpaired) electrons. The maximum absolute atomic E-state index is 5.35. The number of nitrogens with zero attached hydrogens (tertiary/aromatic N) is 4. The first-order chi connectivity index (χ1) is 26.7. The van der Waals surface area contributed by atoms with E-state index in [1.54, 1.807) is 5.56 Å². The van der Waals surface area contributed by atoms with E-state index in [1.807, 2.05) is 18.3 Å². The van der Waals surface area contributed by atoms with Gasteiger partial charge in [-0.25, -0.2) is 15.0 Å². The van der Waals surface area contributed by atoms with Crippen LogP contribution >= 0.6 is 0 Å². The molecule has 2 aromatic heterocycles. The van der Waals surface area contributed by atoms with Crippen molar-refractivity contribution in [2.45, 2.75) is 37.5 Å². The molecule has 4 heteroatoms. The van der Waals surface area contributed by atoms with E-state index in [1.165, 1.54) is 59.6 Å². The van der Waals surface area contributed by atoms with Crippen molar-refractivity contribution in [3.05, 3.63) is 157 Å². The van der Waals surface area contributed by atoms with Gasteiger partial charge in [0.05, 0.1) is 5.52 Å². The Morgan fingerprint density at radius 1 is 0.444 bits per heavy atom. The fraction of sp³-hybridized carbons (Fsp3) is 0.200. The summed E-state index contributed by atoms with van der Waals surface area (Å²) in [6.45, 7) is 0. The number of benzene rings is 6. The number of para-hydroxylation sites is 1. The zero-order chi connectivity index (χ0) is 35.4. The van der Waals surface area contributed by atoms with Crippen molar-refractivity contribution < 1.29 is 0 Å². The van der Waals surface area contributed by atoms with Crippen molar-refractivity contribution in [1.82, 2.24) is 19.9 Å². The molecule has 0 aliphatic heterocycles. The van der Waals surface area contributed by atoms with Crippen molar-refractivity contribution in [2.75, 3.05) is 0 Å².